The normalized spacial score (nSPS) is 34.6. The van der Waals surface area contributed by atoms with Crippen molar-refractivity contribution in [1.82, 2.24) is 10.2 Å². The Morgan fingerprint density at radius 1 is 1.30 bits per heavy atom. The third-order valence-electron chi connectivity index (χ3n) is 5.20. The van der Waals surface area contributed by atoms with E-state index < -0.39 is 12.2 Å². The summed E-state index contributed by atoms with van der Waals surface area (Å²) in [5.41, 5.74) is -0.459. The Labute approximate surface area is 138 Å². The highest BCUT2D eigenvalue weighted by atomic mass is 35.5. The lowest BCUT2D eigenvalue weighted by Crippen LogP contribution is -2.83. The van der Waals surface area contributed by atoms with Gasteiger partial charge in [0.05, 0.1) is 5.54 Å². The highest BCUT2D eigenvalue weighted by Crippen LogP contribution is 2.64. The van der Waals surface area contributed by atoms with Gasteiger partial charge in [-0.15, -0.1) is 0 Å². The monoisotopic (exact) mass is 336 g/mol. The van der Waals surface area contributed by atoms with E-state index >= 15 is 0 Å². The highest BCUT2D eigenvalue weighted by molar-refractivity contribution is 6.30. The van der Waals surface area contributed by atoms with Crippen LogP contribution in [-0.2, 0) is 4.79 Å². The summed E-state index contributed by atoms with van der Waals surface area (Å²) in [6, 6.07) is 6.98. The van der Waals surface area contributed by atoms with Gasteiger partial charge in [0, 0.05) is 23.5 Å². The predicted molar refractivity (Wildman–Crippen MR) is 82.7 cm³/mol. The summed E-state index contributed by atoms with van der Waals surface area (Å²) in [6.45, 7) is 0.667. The summed E-state index contributed by atoms with van der Waals surface area (Å²) in [5.74, 6) is 0.639. The zero-order chi connectivity index (χ0) is 16.2. The van der Waals surface area contributed by atoms with Gasteiger partial charge >= 0.3 is 6.09 Å². The van der Waals surface area contributed by atoms with Crippen molar-refractivity contribution in [2.24, 2.45) is 0 Å². The largest absolute Gasteiger partial charge is 0.481 e. The molecule has 0 spiro atoms. The topological polar surface area (TPSA) is 78.9 Å². The second-order valence-electron chi connectivity index (χ2n) is 6.80. The Hall–Kier alpha value is -1.95. The molecular formula is C16H17ClN2O4. The van der Waals surface area contributed by atoms with Crippen molar-refractivity contribution < 1.29 is 19.4 Å². The minimum absolute atomic E-state index is 0.00331. The quantitative estimate of drug-likeness (QED) is 0.884. The standard InChI is InChI=1S/C16H17ClN2O4/c17-10-1-3-11(4-2-10)23-12-5-6-19(13(12)20)16-7-15(8-16,9-16)18-14(21)22/h1-4,12,18H,5-9H2,(H,21,22). The molecule has 122 valence electrons. The summed E-state index contributed by atoms with van der Waals surface area (Å²) >= 11 is 5.84. The molecule has 1 saturated heterocycles. The number of carbonyl (C=O) groups excluding carboxylic acids is 1. The van der Waals surface area contributed by atoms with Gasteiger partial charge in [0.25, 0.3) is 5.91 Å². The van der Waals surface area contributed by atoms with E-state index in [2.05, 4.69) is 5.32 Å². The molecule has 3 aliphatic carbocycles. The molecule has 1 aliphatic heterocycles. The minimum Gasteiger partial charge on any atom is -0.481 e. The summed E-state index contributed by atoms with van der Waals surface area (Å²) < 4.78 is 5.78. The predicted octanol–water partition coefficient (Wildman–Crippen LogP) is 2.26. The molecule has 7 heteroatoms. The lowest BCUT2D eigenvalue weighted by atomic mass is 9.43. The number of carboxylic acid groups (broad SMARTS) is 1. The molecule has 1 atom stereocenters. The average molecular weight is 337 g/mol. The lowest BCUT2D eigenvalue weighted by molar-refractivity contribution is -0.183. The van der Waals surface area contributed by atoms with E-state index in [1.807, 2.05) is 4.90 Å². The van der Waals surface area contributed by atoms with E-state index in [1.54, 1.807) is 24.3 Å². The van der Waals surface area contributed by atoms with Gasteiger partial charge in [-0.25, -0.2) is 4.79 Å². The van der Waals surface area contributed by atoms with Crippen LogP contribution in [0.5, 0.6) is 5.75 Å². The molecule has 5 rings (SSSR count). The highest BCUT2D eigenvalue weighted by Gasteiger charge is 2.72. The molecule has 23 heavy (non-hydrogen) atoms. The molecule has 3 saturated carbocycles. The van der Waals surface area contributed by atoms with Crippen molar-refractivity contribution >= 4 is 23.6 Å². The molecule has 0 radical (unpaired) electrons. The van der Waals surface area contributed by atoms with Gasteiger partial charge in [-0.2, -0.15) is 0 Å². The number of rotatable bonds is 4. The summed E-state index contributed by atoms with van der Waals surface area (Å²) in [4.78, 5) is 25.3. The molecule has 1 aromatic carbocycles. The minimum atomic E-state index is -0.991. The molecule has 1 heterocycles. The van der Waals surface area contributed by atoms with E-state index in [-0.39, 0.29) is 17.0 Å². The maximum atomic E-state index is 12.6. The number of carbonyl (C=O) groups is 2. The van der Waals surface area contributed by atoms with Gasteiger partial charge < -0.3 is 20.1 Å². The number of benzene rings is 1. The van der Waals surface area contributed by atoms with Crippen LogP contribution in [-0.4, -0.2) is 45.7 Å². The van der Waals surface area contributed by atoms with Crippen molar-refractivity contribution in [3.8, 4) is 5.75 Å². The van der Waals surface area contributed by atoms with Crippen LogP contribution in [0.3, 0.4) is 0 Å². The van der Waals surface area contributed by atoms with Crippen LogP contribution >= 0.6 is 11.6 Å². The number of hydrogen-bond acceptors (Lipinski definition) is 3. The third-order valence-corrected chi connectivity index (χ3v) is 5.45. The second-order valence-corrected chi connectivity index (χ2v) is 7.24. The van der Waals surface area contributed by atoms with Crippen LogP contribution in [0, 0.1) is 0 Å². The van der Waals surface area contributed by atoms with E-state index in [0.717, 1.165) is 0 Å². The Balaban J connectivity index is 1.38. The summed E-state index contributed by atoms with van der Waals surface area (Å²) in [5, 5.41) is 12.0. The van der Waals surface area contributed by atoms with Gasteiger partial charge in [0.1, 0.15) is 5.75 Å². The second kappa shape index (κ2) is 4.77. The van der Waals surface area contributed by atoms with Gasteiger partial charge in [-0.05, 0) is 43.5 Å². The third kappa shape index (κ3) is 2.24. The zero-order valence-corrected chi connectivity index (χ0v) is 13.2. The first kappa shape index (κ1) is 14.6. The van der Waals surface area contributed by atoms with Crippen LogP contribution in [0.25, 0.3) is 0 Å². The molecule has 1 unspecified atom stereocenters. The van der Waals surface area contributed by atoms with Crippen LogP contribution in [0.4, 0.5) is 4.79 Å². The number of nitrogens with zero attached hydrogens (tertiary/aromatic N) is 1. The maximum absolute atomic E-state index is 12.6. The summed E-state index contributed by atoms with van der Waals surface area (Å²) in [7, 11) is 0. The molecule has 4 fully saturated rings. The van der Waals surface area contributed by atoms with Gasteiger partial charge in [0.2, 0.25) is 0 Å². The van der Waals surface area contributed by atoms with E-state index in [9.17, 15) is 9.59 Å². The van der Waals surface area contributed by atoms with Crippen molar-refractivity contribution in [3.63, 3.8) is 0 Å². The zero-order valence-electron chi connectivity index (χ0n) is 12.4. The Morgan fingerprint density at radius 3 is 2.57 bits per heavy atom. The molecule has 2 amide bonds. The van der Waals surface area contributed by atoms with Crippen LogP contribution < -0.4 is 10.1 Å². The number of amides is 2. The fraction of sp³-hybridized carbons (Fsp3) is 0.500. The molecule has 2 N–H and O–H groups in total. The van der Waals surface area contributed by atoms with Crippen LogP contribution in [0.15, 0.2) is 24.3 Å². The SMILES string of the molecule is O=C(O)NC12CC(N3CCC(Oc4ccc(Cl)cc4)C3=O)(C1)C2. The molecule has 2 bridgehead atoms. The fourth-order valence-corrected chi connectivity index (χ4v) is 4.42. The molecule has 4 aliphatic rings. The fourth-order valence-electron chi connectivity index (χ4n) is 4.29. The van der Waals surface area contributed by atoms with Crippen molar-refractivity contribution in [1.29, 1.82) is 0 Å². The Morgan fingerprint density at radius 2 is 1.96 bits per heavy atom. The number of nitrogens with one attached hydrogen (secondary N) is 1. The van der Waals surface area contributed by atoms with E-state index in [1.165, 1.54) is 0 Å². The van der Waals surface area contributed by atoms with Gasteiger partial charge in [-0.3, -0.25) is 4.79 Å². The van der Waals surface area contributed by atoms with Crippen LogP contribution in [0.2, 0.25) is 5.02 Å². The van der Waals surface area contributed by atoms with Gasteiger partial charge in [-0.1, -0.05) is 11.6 Å². The maximum Gasteiger partial charge on any atom is 0.405 e. The van der Waals surface area contributed by atoms with Gasteiger partial charge in [0.15, 0.2) is 6.10 Å². The van der Waals surface area contributed by atoms with E-state index in [0.29, 0.717) is 43.0 Å². The number of halogens is 1. The van der Waals surface area contributed by atoms with Crippen molar-refractivity contribution in [3.05, 3.63) is 29.3 Å². The Bertz CT molecular complexity index is 655. The lowest BCUT2D eigenvalue weighted by Gasteiger charge is -2.72. The molecular weight excluding hydrogens is 320 g/mol. The first-order valence-electron chi connectivity index (χ1n) is 7.66. The number of hydrogen-bond donors (Lipinski definition) is 2. The molecule has 6 nitrogen and oxygen atoms in total. The Kier molecular flexibility index (Phi) is 3.04. The molecule has 1 aromatic rings. The summed E-state index contributed by atoms with van der Waals surface area (Å²) in [6.07, 6.45) is 1.34. The average Bonchev–Trinajstić information content (AvgIpc) is 2.76. The first-order valence-corrected chi connectivity index (χ1v) is 8.04. The van der Waals surface area contributed by atoms with E-state index in [4.69, 9.17) is 21.4 Å². The first-order chi connectivity index (χ1) is 10.9. The smallest absolute Gasteiger partial charge is 0.405 e. The molecule has 0 aromatic heterocycles. The van der Waals surface area contributed by atoms with Crippen LogP contribution in [0.1, 0.15) is 25.7 Å². The van der Waals surface area contributed by atoms with Crippen molar-refractivity contribution in [2.45, 2.75) is 42.9 Å². The number of ether oxygens (including phenoxy) is 1. The number of likely N-dealkylation sites (tertiary alicyclic amines) is 1. The van der Waals surface area contributed by atoms with Crippen molar-refractivity contribution in [2.75, 3.05) is 6.54 Å².